The van der Waals surface area contributed by atoms with Crippen LogP contribution in [0.3, 0.4) is 0 Å². The molecule has 8 heteroatoms. The first kappa shape index (κ1) is 22.0. The van der Waals surface area contributed by atoms with Crippen LogP contribution in [0.4, 0.5) is 5.69 Å². The van der Waals surface area contributed by atoms with Gasteiger partial charge < -0.3 is 10.1 Å². The van der Waals surface area contributed by atoms with Crippen molar-refractivity contribution in [1.82, 2.24) is 5.32 Å². The summed E-state index contributed by atoms with van der Waals surface area (Å²) in [4.78, 5) is 13.0. The van der Waals surface area contributed by atoms with Crippen molar-refractivity contribution in [2.75, 3.05) is 23.1 Å². The zero-order valence-corrected chi connectivity index (χ0v) is 19.3. The summed E-state index contributed by atoms with van der Waals surface area (Å²) in [6.07, 6.45) is 4.21. The summed E-state index contributed by atoms with van der Waals surface area (Å²) >= 11 is 1.90. The Bertz CT molecular complexity index is 1020. The van der Waals surface area contributed by atoms with E-state index in [0.29, 0.717) is 23.2 Å². The third kappa shape index (κ3) is 5.01. The molecule has 1 fully saturated rings. The number of nitrogens with zero attached hydrogens (tertiary/aromatic N) is 1. The van der Waals surface area contributed by atoms with Crippen LogP contribution in [0.5, 0.6) is 5.75 Å². The fourth-order valence-electron chi connectivity index (χ4n) is 3.97. The van der Waals surface area contributed by atoms with Crippen LogP contribution in [0.1, 0.15) is 31.2 Å². The fraction of sp³-hybridized carbons (Fsp3) is 0.435. The number of sulfonamides is 1. The quantitative estimate of drug-likeness (QED) is 0.637. The smallest absolute Gasteiger partial charge is 0.264 e. The van der Waals surface area contributed by atoms with E-state index in [9.17, 15) is 13.2 Å². The third-order valence-corrected chi connectivity index (χ3v) is 8.87. The molecular formula is C23H28N2O4S2. The molecular weight excluding hydrogens is 432 g/mol. The second-order valence-electron chi connectivity index (χ2n) is 7.99. The summed E-state index contributed by atoms with van der Waals surface area (Å²) in [5.41, 5.74) is 1.43. The van der Waals surface area contributed by atoms with Crippen molar-refractivity contribution in [1.29, 1.82) is 0 Å². The van der Waals surface area contributed by atoms with Gasteiger partial charge in [-0.2, -0.15) is 11.8 Å². The van der Waals surface area contributed by atoms with E-state index in [4.69, 9.17) is 4.74 Å². The number of aryl methyl sites for hydroxylation is 1. The van der Waals surface area contributed by atoms with E-state index in [1.807, 2.05) is 18.7 Å². The predicted octanol–water partition coefficient (Wildman–Crippen LogP) is 3.74. The molecule has 6 nitrogen and oxygen atoms in total. The zero-order chi connectivity index (χ0) is 21.8. The molecule has 1 amide bonds. The second-order valence-corrected chi connectivity index (χ2v) is 11.3. The number of carbonyl (C=O) groups excluding carboxylic acids is 1. The molecule has 2 aliphatic rings. The van der Waals surface area contributed by atoms with Crippen LogP contribution in [-0.2, 0) is 14.8 Å². The summed E-state index contributed by atoms with van der Waals surface area (Å²) in [7, 11) is -3.83. The standard InChI is InChI=1S/C23H28N2O4S2/c1-17-10-12-19(13-11-17)31(27,28)25-16-22(29-21-9-5-4-8-20(21)25)23(26)24-14-15-30-18-6-2-3-7-18/h4-5,8-13,18,22H,2-3,6-7,14-16H2,1H3,(H,24,26). The van der Waals surface area contributed by atoms with Gasteiger partial charge >= 0.3 is 0 Å². The van der Waals surface area contributed by atoms with Gasteiger partial charge in [-0.3, -0.25) is 9.10 Å². The highest BCUT2D eigenvalue weighted by Crippen LogP contribution is 2.37. The monoisotopic (exact) mass is 460 g/mol. The lowest BCUT2D eigenvalue weighted by atomic mass is 10.2. The number of carbonyl (C=O) groups is 1. The van der Waals surface area contributed by atoms with E-state index in [-0.39, 0.29) is 17.3 Å². The molecule has 1 N–H and O–H groups in total. The zero-order valence-electron chi connectivity index (χ0n) is 17.6. The van der Waals surface area contributed by atoms with Crippen LogP contribution in [-0.4, -0.2) is 44.5 Å². The van der Waals surface area contributed by atoms with Crippen LogP contribution in [0.25, 0.3) is 0 Å². The molecule has 2 aromatic carbocycles. The summed E-state index contributed by atoms with van der Waals surface area (Å²) in [6.45, 7) is 2.40. The number of hydrogen-bond acceptors (Lipinski definition) is 5. The number of ether oxygens (including phenoxy) is 1. The Kier molecular flexibility index (Phi) is 6.77. The minimum absolute atomic E-state index is 0.0607. The highest BCUT2D eigenvalue weighted by atomic mass is 32.2. The average Bonchev–Trinajstić information content (AvgIpc) is 3.29. The minimum Gasteiger partial charge on any atom is -0.476 e. The molecule has 0 bridgehead atoms. The van der Waals surface area contributed by atoms with Gasteiger partial charge in [-0.1, -0.05) is 42.7 Å². The molecule has 1 aliphatic carbocycles. The lowest BCUT2D eigenvalue weighted by molar-refractivity contribution is -0.127. The Morgan fingerprint density at radius 2 is 1.84 bits per heavy atom. The first-order valence-electron chi connectivity index (χ1n) is 10.7. The fourth-order valence-corrected chi connectivity index (χ4v) is 6.67. The van der Waals surface area contributed by atoms with Crippen LogP contribution in [0.15, 0.2) is 53.4 Å². The van der Waals surface area contributed by atoms with Crippen molar-refractivity contribution < 1.29 is 17.9 Å². The largest absolute Gasteiger partial charge is 0.476 e. The molecule has 4 rings (SSSR count). The number of benzene rings is 2. The van der Waals surface area contributed by atoms with Gasteiger partial charge in [0.05, 0.1) is 17.1 Å². The molecule has 1 aliphatic heterocycles. The molecule has 1 atom stereocenters. The normalized spacial score (nSPS) is 19.0. The molecule has 0 aromatic heterocycles. The Hall–Kier alpha value is -2.19. The second kappa shape index (κ2) is 9.53. The molecule has 166 valence electrons. The summed E-state index contributed by atoms with van der Waals surface area (Å²) in [5.74, 6) is 0.959. The van der Waals surface area contributed by atoms with Crippen molar-refractivity contribution in [3.8, 4) is 5.75 Å². The lowest BCUT2D eigenvalue weighted by Gasteiger charge is -2.34. The molecule has 1 unspecified atom stereocenters. The molecule has 31 heavy (non-hydrogen) atoms. The van der Waals surface area contributed by atoms with Crippen LogP contribution >= 0.6 is 11.8 Å². The van der Waals surface area contributed by atoms with E-state index in [2.05, 4.69) is 5.32 Å². The molecule has 2 aromatic rings. The summed E-state index contributed by atoms with van der Waals surface area (Å²) in [6, 6.07) is 13.7. The predicted molar refractivity (Wildman–Crippen MR) is 124 cm³/mol. The van der Waals surface area contributed by atoms with Gasteiger partial charge in [0.1, 0.15) is 5.75 Å². The van der Waals surface area contributed by atoms with Gasteiger partial charge in [0.25, 0.3) is 15.9 Å². The Morgan fingerprint density at radius 3 is 2.58 bits per heavy atom. The van der Waals surface area contributed by atoms with E-state index in [1.54, 1.807) is 48.5 Å². The first-order valence-corrected chi connectivity index (χ1v) is 13.2. The summed E-state index contributed by atoms with van der Waals surface area (Å²) < 4.78 is 33.9. The number of thioether (sulfide) groups is 1. The number of anilines is 1. The maximum atomic E-state index is 13.4. The van der Waals surface area contributed by atoms with E-state index in [0.717, 1.165) is 11.3 Å². The van der Waals surface area contributed by atoms with Gasteiger partial charge in [0, 0.05) is 17.5 Å². The number of hydrogen-bond donors (Lipinski definition) is 1. The van der Waals surface area contributed by atoms with E-state index in [1.165, 1.54) is 30.0 Å². The van der Waals surface area contributed by atoms with Crippen LogP contribution in [0, 0.1) is 6.92 Å². The molecule has 1 heterocycles. The topological polar surface area (TPSA) is 75.7 Å². The highest BCUT2D eigenvalue weighted by Gasteiger charge is 2.37. The van der Waals surface area contributed by atoms with Gasteiger partial charge in [-0.05, 0) is 44.0 Å². The molecule has 0 radical (unpaired) electrons. The van der Waals surface area contributed by atoms with Gasteiger partial charge in [0.2, 0.25) is 0 Å². The van der Waals surface area contributed by atoms with Crippen molar-refractivity contribution >= 4 is 33.4 Å². The molecule has 0 saturated heterocycles. The van der Waals surface area contributed by atoms with Crippen molar-refractivity contribution in [2.24, 2.45) is 0 Å². The first-order chi connectivity index (χ1) is 14.9. The molecule has 0 spiro atoms. The Morgan fingerprint density at radius 1 is 1.13 bits per heavy atom. The number of para-hydroxylation sites is 2. The van der Waals surface area contributed by atoms with Gasteiger partial charge in [-0.15, -0.1) is 0 Å². The lowest BCUT2D eigenvalue weighted by Crippen LogP contribution is -2.51. The number of fused-ring (bicyclic) bond motifs is 1. The number of nitrogens with one attached hydrogen (secondary N) is 1. The Balaban J connectivity index is 1.47. The SMILES string of the molecule is Cc1ccc(S(=O)(=O)N2CC(C(=O)NCCSC3CCCC3)Oc3ccccc32)cc1. The van der Waals surface area contributed by atoms with Crippen molar-refractivity contribution in [3.63, 3.8) is 0 Å². The van der Waals surface area contributed by atoms with Gasteiger partial charge in [-0.25, -0.2) is 8.42 Å². The number of rotatable bonds is 7. The summed E-state index contributed by atoms with van der Waals surface area (Å²) in [5, 5.41) is 3.62. The maximum absolute atomic E-state index is 13.4. The van der Waals surface area contributed by atoms with Crippen LogP contribution < -0.4 is 14.4 Å². The number of amides is 1. The van der Waals surface area contributed by atoms with Gasteiger partial charge in [0.15, 0.2) is 6.10 Å². The Labute approximate surface area is 188 Å². The van der Waals surface area contributed by atoms with Crippen molar-refractivity contribution in [3.05, 3.63) is 54.1 Å². The van der Waals surface area contributed by atoms with E-state index < -0.39 is 16.1 Å². The minimum atomic E-state index is -3.83. The third-order valence-electron chi connectivity index (χ3n) is 5.69. The van der Waals surface area contributed by atoms with E-state index >= 15 is 0 Å². The molecule has 1 saturated carbocycles. The average molecular weight is 461 g/mol. The van der Waals surface area contributed by atoms with Crippen LogP contribution in [0.2, 0.25) is 0 Å². The maximum Gasteiger partial charge on any atom is 0.264 e. The highest BCUT2D eigenvalue weighted by molar-refractivity contribution is 7.99. The van der Waals surface area contributed by atoms with Crippen molar-refractivity contribution in [2.45, 2.75) is 48.9 Å².